The lowest BCUT2D eigenvalue weighted by Gasteiger charge is -2.19. The normalized spacial score (nSPS) is 14.3. The number of hydrogen-bond donors (Lipinski definition) is 2. The van der Waals surface area contributed by atoms with Crippen LogP contribution in [0.25, 0.3) is 0 Å². The van der Waals surface area contributed by atoms with E-state index in [2.05, 4.69) is 5.32 Å². The molecule has 1 aliphatic heterocycles. The van der Waals surface area contributed by atoms with Crippen LogP contribution >= 0.6 is 0 Å². The van der Waals surface area contributed by atoms with E-state index in [1.807, 2.05) is 12.1 Å². The standard InChI is InChI=1S/C11H15NO5S/c13-18(14,15)7-1-4-12-9-2-3-10-11(8-9)17-6-5-16-10/h2-3,8,12H,1,4-7H2,(H,13,14,15). The molecule has 18 heavy (non-hydrogen) atoms. The fourth-order valence-corrected chi connectivity index (χ4v) is 2.15. The molecule has 1 aliphatic rings. The summed E-state index contributed by atoms with van der Waals surface area (Å²) < 4.78 is 40.4. The molecule has 0 aliphatic carbocycles. The van der Waals surface area contributed by atoms with Gasteiger partial charge in [0.25, 0.3) is 10.1 Å². The van der Waals surface area contributed by atoms with Crippen LogP contribution < -0.4 is 14.8 Å². The van der Waals surface area contributed by atoms with Crippen LogP contribution in [0.3, 0.4) is 0 Å². The lowest BCUT2D eigenvalue weighted by Crippen LogP contribution is -2.15. The first kappa shape index (κ1) is 13.0. The molecule has 0 saturated carbocycles. The van der Waals surface area contributed by atoms with Crippen LogP contribution in [0.4, 0.5) is 5.69 Å². The summed E-state index contributed by atoms with van der Waals surface area (Å²) in [6.07, 6.45) is 0.341. The predicted octanol–water partition coefficient (Wildman–Crippen LogP) is 1.15. The van der Waals surface area contributed by atoms with Crippen LogP contribution in [-0.4, -0.2) is 38.5 Å². The highest BCUT2D eigenvalue weighted by molar-refractivity contribution is 7.85. The van der Waals surface area contributed by atoms with Crippen molar-refractivity contribution in [2.24, 2.45) is 0 Å². The minimum absolute atomic E-state index is 0.245. The molecule has 100 valence electrons. The van der Waals surface area contributed by atoms with E-state index in [-0.39, 0.29) is 5.75 Å². The topological polar surface area (TPSA) is 84.9 Å². The molecule has 0 unspecified atom stereocenters. The monoisotopic (exact) mass is 273 g/mol. The molecule has 0 aromatic heterocycles. The van der Waals surface area contributed by atoms with Crippen LogP contribution in [0.2, 0.25) is 0 Å². The highest BCUT2D eigenvalue weighted by atomic mass is 32.2. The van der Waals surface area contributed by atoms with Gasteiger partial charge in [-0.15, -0.1) is 0 Å². The van der Waals surface area contributed by atoms with Crippen molar-refractivity contribution in [3.05, 3.63) is 18.2 Å². The maximum atomic E-state index is 10.5. The van der Waals surface area contributed by atoms with Gasteiger partial charge in [-0.2, -0.15) is 8.42 Å². The minimum atomic E-state index is -3.88. The summed E-state index contributed by atoms with van der Waals surface area (Å²) in [6, 6.07) is 5.45. The largest absolute Gasteiger partial charge is 0.486 e. The first-order valence-electron chi connectivity index (χ1n) is 5.63. The molecule has 1 aromatic rings. The Balaban J connectivity index is 1.86. The zero-order valence-electron chi connectivity index (χ0n) is 9.76. The highest BCUT2D eigenvalue weighted by Crippen LogP contribution is 2.32. The number of hydrogen-bond acceptors (Lipinski definition) is 5. The number of anilines is 1. The Labute approximate surface area is 106 Å². The molecule has 1 aromatic carbocycles. The molecule has 1 heterocycles. The summed E-state index contributed by atoms with van der Waals surface area (Å²) >= 11 is 0. The van der Waals surface area contributed by atoms with Crippen LogP contribution in [0.5, 0.6) is 11.5 Å². The third-order valence-electron chi connectivity index (χ3n) is 2.45. The van der Waals surface area contributed by atoms with E-state index < -0.39 is 10.1 Å². The van der Waals surface area contributed by atoms with Gasteiger partial charge in [0.2, 0.25) is 0 Å². The molecule has 2 N–H and O–H groups in total. The Kier molecular flexibility index (Phi) is 3.93. The van der Waals surface area contributed by atoms with Crippen LogP contribution in [0, 0.1) is 0 Å². The Bertz CT molecular complexity index is 514. The van der Waals surface area contributed by atoms with E-state index in [1.54, 1.807) is 6.07 Å². The van der Waals surface area contributed by atoms with Crippen molar-refractivity contribution in [2.75, 3.05) is 30.8 Å². The molecular formula is C11H15NO5S. The van der Waals surface area contributed by atoms with Crippen molar-refractivity contribution in [3.63, 3.8) is 0 Å². The third-order valence-corrected chi connectivity index (χ3v) is 3.25. The van der Waals surface area contributed by atoms with Gasteiger partial charge >= 0.3 is 0 Å². The van der Waals surface area contributed by atoms with Gasteiger partial charge < -0.3 is 14.8 Å². The summed E-state index contributed by atoms with van der Waals surface area (Å²) in [6.45, 7) is 1.53. The number of fused-ring (bicyclic) bond motifs is 1. The SMILES string of the molecule is O=S(=O)(O)CCCNc1ccc2c(c1)OCCO2. The molecule has 0 radical (unpaired) electrons. The van der Waals surface area contributed by atoms with Gasteiger partial charge in [-0.05, 0) is 18.6 Å². The molecule has 0 fully saturated rings. The highest BCUT2D eigenvalue weighted by Gasteiger charge is 2.11. The van der Waals surface area contributed by atoms with E-state index in [4.69, 9.17) is 14.0 Å². The summed E-state index contributed by atoms with van der Waals surface area (Å²) in [4.78, 5) is 0. The molecule has 6 nitrogen and oxygen atoms in total. The Morgan fingerprint density at radius 1 is 1.22 bits per heavy atom. The van der Waals surface area contributed by atoms with Crippen LogP contribution in [0.15, 0.2) is 18.2 Å². The van der Waals surface area contributed by atoms with E-state index in [9.17, 15) is 8.42 Å². The van der Waals surface area contributed by atoms with Crippen molar-refractivity contribution in [3.8, 4) is 11.5 Å². The third kappa shape index (κ3) is 3.78. The van der Waals surface area contributed by atoms with Crippen molar-refractivity contribution in [1.29, 1.82) is 0 Å². The average Bonchev–Trinajstić information content (AvgIpc) is 2.33. The van der Waals surface area contributed by atoms with Crippen molar-refractivity contribution >= 4 is 15.8 Å². The minimum Gasteiger partial charge on any atom is -0.486 e. The summed E-state index contributed by atoms with van der Waals surface area (Å²) in [5.41, 5.74) is 0.828. The van der Waals surface area contributed by atoms with E-state index in [0.717, 1.165) is 5.69 Å². The number of benzene rings is 1. The van der Waals surface area contributed by atoms with Gasteiger partial charge in [0, 0.05) is 18.3 Å². The van der Waals surface area contributed by atoms with E-state index in [1.165, 1.54) is 0 Å². The fraction of sp³-hybridized carbons (Fsp3) is 0.455. The molecule has 0 atom stereocenters. The Hall–Kier alpha value is -1.47. The second kappa shape index (κ2) is 5.45. The van der Waals surface area contributed by atoms with Gasteiger partial charge in [-0.1, -0.05) is 0 Å². The molecule has 7 heteroatoms. The van der Waals surface area contributed by atoms with Crippen molar-refractivity contribution < 1.29 is 22.4 Å². The van der Waals surface area contributed by atoms with Gasteiger partial charge in [0.1, 0.15) is 13.2 Å². The quantitative estimate of drug-likeness (QED) is 0.618. The van der Waals surface area contributed by atoms with Gasteiger partial charge in [-0.25, -0.2) is 0 Å². The first-order chi connectivity index (χ1) is 8.54. The summed E-state index contributed by atoms with van der Waals surface area (Å²) in [7, 11) is -3.88. The lowest BCUT2D eigenvalue weighted by atomic mass is 10.2. The van der Waals surface area contributed by atoms with Gasteiger partial charge in [0.05, 0.1) is 5.75 Å². The molecule has 0 bridgehead atoms. The van der Waals surface area contributed by atoms with Crippen molar-refractivity contribution in [1.82, 2.24) is 0 Å². The fourth-order valence-electron chi connectivity index (χ4n) is 1.64. The van der Waals surface area contributed by atoms with E-state index in [0.29, 0.717) is 37.7 Å². The predicted molar refractivity (Wildman–Crippen MR) is 67.0 cm³/mol. The lowest BCUT2D eigenvalue weighted by molar-refractivity contribution is 0.171. The smallest absolute Gasteiger partial charge is 0.264 e. The summed E-state index contributed by atoms with van der Waals surface area (Å²) in [5.74, 6) is 1.15. The average molecular weight is 273 g/mol. The van der Waals surface area contributed by atoms with E-state index >= 15 is 0 Å². The second-order valence-corrected chi connectivity index (χ2v) is 5.50. The number of nitrogens with one attached hydrogen (secondary N) is 1. The maximum absolute atomic E-state index is 10.5. The molecule has 2 rings (SSSR count). The molecular weight excluding hydrogens is 258 g/mol. The second-order valence-electron chi connectivity index (χ2n) is 3.92. The summed E-state index contributed by atoms with van der Waals surface area (Å²) in [5, 5.41) is 3.06. The Morgan fingerprint density at radius 2 is 1.94 bits per heavy atom. The van der Waals surface area contributed by atoms with Crippen LogP contribution in [-0.2, 0) is 10.1 Å². The number of ether oxygens (including phenoxy) is 2. The van der Waals surface area contributed by atoms with Crippen molar-refractivity contribution in [2.45, 2.75) is 6.42 Å². The zero-order valence-corrected chi connectivity index (χ0v) is 10.6. The van der Waals surface area contributed by atoms with Gasteiger partial charge in [-0.3, -0.25) is 4.55 Å². The first-order valence-corrected chi connectivity index (χ1v) is 7.24. The van der Waals surface area contributed by atoms with Gasteiger partial charge in [0.15, 0.2) is 11.5 Å². The maximum Gasteiger partial charge on any atom is 0.264 e. The molecule has 0 spiro atoms. The molecule has 0 amide bonds. The Morgan fingerprint density at radius 3 is 2.67 bits per heavy atom. The number of rotatable bonds is 5. The molecule has 0 saturated heterocycles. The zero-order chi connectivity index (χ0) is 13.0. The van der Waals surface area contributed by atoms with Crippen LogP contribution in [0.1, 0.15) is 6.42 Å².